The molecule has 0 aliphatic carbocycles. The molecule has 0 atom stereocenters. The maximum Gasteiger partial charge on any atom is 0.0121 e. The van der Waals surface area contributed by atoms with Gasteiger partial charge in [-0.25, -0.2) is 0 Å². The van der Waals surface area contributed by atoms with Crippen molar-refractivity contribution in [1.82, 2.24) is 0 Å². The smallest absolute Gasteiger partial charge is 0.0121 e. The second-order valence-electron chi connectivity index (χ2n) is 5.98. The zero-order valence-corrected chi connectivity index (χ0v) is 14.6. The van der Waals surface area contributed by atoms with Crippen molar-refractivity contribution >= 4 is 10.2 Å². The van der Waals surface area contributed by atoms with E-state index in [1.807, 2.05) is 0 Å². The third-order valence-corrected chi connectivity index (χ3v) is 4.75. The molecule has 0 aromatic heterocycles. The topological polar surface area (TPSA) is 0 Å². The van der Waals surface area contributed by atoms with Crippen molar-refractivity contribution in [3.05, 3.63) is 0 Å². The Balaban J connectivity index is 3.10. The van der Waals surface area contributed by atoms with Crippen LogP contribution < -0.4 is 0 Å². The van der Waals surface area contributed by atoms with Crippen molar-refractivity contribution < 1.29 is 0 Å². The molecule has 0 aromatic carbocycles. The van der Waals surface area contributed by atoms with E-state index in [1.54, 1.807) is 0 Å². The molecule has 18 heavy (non-hydrogen) atoms. The van der Waals surface area contributed by atoms with Gasteiger partial charge in [0.25, 0.3) is 0 Å². The molecule has 0 N–H and O–H groups in total. The van der Waals surface area contributed by atoms with Gasteiger partial charge >= 0.3 is 0 Å². The van der Waals surface area contributed by atoms with E-state index in [-0.39, 0.29) is 0 Å². The van der Waals surface area contributed by atoms with Crippen LogP contribution in [-0.4, -0.2) is 10.2 Å². The van der Waals surface area contributed by atoms with Crippen LogP contribution in [0.4, 0.5) is 0 Å². The molecule has 0 aromatic rings. The summed E-state index contributed by atoms with van der Waals surface area (Å²) in [7, 11) is 2.25. The zero-order valence-electron chi connectivity index (χ0n) is 13.2. The minimum Gasteiger partial charge on any atom is -0.0654 e. The number of hydrogen-bond acceptors (Lipinski definition) is 0. The quantitative estimate of drug-likeness (QED) is 0.272. The third-order valence-electron chi connectivity index (χ3n) is 3.93. The van der Waals surface area contributed by atoms with E-state index in [2.05, 4.69) is 24.1 Å². The summed E-state index contributed by atoms with van der Waals surface area (Å²) in [5.74, 6) is 0. The molecule has 0 aliphatic heterocycles. The molecule has 0 heterocycles. The molecule has 0 fully saturated rings. The van der Waals surface area contributed by atoms with E-state index >= 15 is 0 Å². The lowest BCUT2D eigenvalue weighted by Crippen LogP contribution is -1.93. The van der Waals surface area contributed by atoms with Crippen LogP contribution in [0.1, 0.15) is 104 Å². The molecular formula is C17H37Si. The summed E-state index contributed by atoms with van der Waals surface area (Å²) >= 11 is 0. The van der Waals surface area contributed by atoms with E-state index in [1.165, 1.54) is 89.9 Å². The van der Waals surface area contributed by atoms with E-state index in [4.69, 9.17) is 0 Å². The first-order valence-electron chi connectivity index (χ1n) is 8.64. The third kappa shape index (κ3) is 14.3. The van der Waals surface area contributed by atoms with Crippen molar-refractivity contribution in [3.63, 3.8) is 0 Å². The number of unbranched alkanes of at least 4 members (excludes halogenated alkanes) is 10. The standard InChI is InChI=1S/C17H37Si/c1-3-5-7-9-11-13-15-17(18)16-14-12-10-8-6-4-2/h17H,3-16,18H2,1-2H3. The molecule has 0 unspecified atom stereocenters. The lowest BCUT2D eigenvalue weighted by atomic mass is 10.0. The molecule has 1 heteroatoms. The first-order chi connectivity index (χ1) is 8.81. The lowest BCUT2D eigenvalue weighted by molar-refractivity contribution is 0.534. The van der Waals surface area contributed by atoms with Crippen molar-refractivity contribution in [2.45, 2.75) is 109 Å². The van der Waals surface area contributed by atoms with Crippen LogP contribution in [0, 0.1) is 0 Å². The molecule has 0 bridgehead atoms. The van der Waals surface area contributed by atoms with Crippen molar-refractivity contribution in [2.24, 2.45) is 0 Å². The molecule has 0 saturated carbocycles. The monoisotopic (exact) mass is 269 g/mol. The molecule has 0 rings (SSSR count). The van der Waals surface area contributed by atoms with Gasteiger partial charge in [0.2, 0.25) is 0 Å². The van der Waals surface area contributed by atoms with Crippen LogP contribution in [0.2, 0.25) is 5.54 Å². The van der Waals surface area contributed by atoms with Gasteiger partial charge in [-0.15, -0.1) is 0 Å². The summed E-state index contributed by atoms with van der Waals surface area (Å²) in [6.07, 6.45) is 20.4. The van der Waals surface area contributed by atoms with Gasteiger partial charge in [0.15, 0.2) is 0 Å². The van der Waals surface area contributed by atoms with Gasteiger partial charge in [-0.1, -0.05) is 109 Å². The van der Waals surface area contributed by atoms with E-state index in [9.17, 15) is 0 Å². The highest BCUT2D eigenvalue weighted by Crippen LogP contribution is 2.20. The molecular weight excluding hydrogens is 232 g/mol. The normalized spacial score (nSPS) is 11.3. The maximum absolute atomic E-state index is 2.30. The van der Waals surface area contributed by atoms with Crippen LogP contribution >= 0.6 is 0 Å². The fourth-order valence-corrected chi connectivity index (χ4v) is 3.15. The Morgan fingerprint density at radius 1 is 0.556 bits per heavy atom. The van der Waals surface area contributed by atoms with Crippen LogP contribution in [0.3, 0.4) is 0 Å². The molecule has 0 nitrogen and oxygen atoms in total. The van der Waals surface area contributed by atoms with Gasteiger partial charge in [0.1, 0.15) is 0 Å². The molecule has 1 radical (unpaired) electrons. The van der Waals surface area contributed by atoms with Crippen LogP contribution in [-0.2, 0) is 0 Å². The second kappa shape index (κ2) is 15.3. The summed E-state index contributed by atoms with van der Waals surface area (Å²) in [4.78, 5) is 0. The van der Waals surface area contributed by atoms with Crippen molar-refractivity contribution in [3.8, 4) is 0 Å². The Morgan fingerprint density at radius 2 is 0.889 bits per heavy atom. The molecule has 109 valence electrons. The molecule has 0 spiro atoms. The average molecular weight is 270 g/mol. The Hall–Kier alpha value is 0.217. The summed E-state index contributed by atoms with van der Waals surface area (Å²) in [5.41, 5.74) is 1.00. The summed E-state index contributed by atoms with van der Waals surface area (Å²) in [5, 5.41) is 0. The lowest BCUT2D eigenvalue weighted by Gasteiger charge is -2.10. The van der Waals surface area contributed by atoms with Gasteiger partial charge in [0.05, 0.1) is 0 Å². The van der Waals surface area contributed by atoms with Gasteiger partial charge in [-0.2, -0.15) is 0 Å². The largest absolute Gasteiger partial charge is 0.0654 e. The van der Waals surface area contributed by atoms with Gasteiger partial charge < -0.3 is 0 Å². The fraction of sp³-hybridized carbons (Fsp3) is 1.00. The minimum absolute atomic E-state index is 1.00. The van der Waals surface area contributed by atoms with Crippen molar-refractivity contribution in [2.75, 3.05) is 0 Å². The van der Waals surface area contributed by atoms with Crippen molar-refractivity contribution in [1.29, 1.82) is 0 Å². The average Bonchev–Trinajstić information content (AvgIpc) is 2.38. The SMILES string of the molecule is CCCCCCCCC([SiH2])CCCCCCCC. The van der Waals surface area contributed by atoms with Gasteiger partial charge in [-0.3, -0.25) is 0 Å². The Kier molecular flexibility index (Phi) is 15.5. The second-order valence-corrected chi connectivity index (χ2v) is 7.13. The van der Waals surface area contributed by atoms with E-state index in [0.29, 0.717) is 0 Å². The summed E-state index contributed by atoms with van der Waals surface area (Å²) in [6.45, 7) is 4.59. The number of hydrogen-bond donors (Lipinski definition) is 0. The van der Waals surface area contributed by atoms with Gasteiger partial charge in [-0.05, 0) is 0 Å². The predicted octanol–water partition coefficient (Wildman–Crippen LogP) is 5.91. The Bertz CT molecular complexity index is 129. The highest BCUT2D eigenvalue weighted by Gasteiger charge is 2.01. The fourth-order valence-electron chi connectivity index (χ4n) is 2.57. The van der Waals surface area contributed by atoms with Crippen LogP contribution in [0.25, 0.3) is 0 Å². The Labute approximate surface area is 120 Å². The molecule has 0 saturated heterocycles. The molecule has 0 aliphatic rings. The van der Waals surface area contributed by atoms with E-state index < -0.39 is 0 Å². The predicted molar refractivity (Wildman–Crippen MR) is 88.3 cm³/mol. The number of rotatable bonds is 14. The highest BCUT2D eigenvalue weighted by molar-refractivity contribution is 6.11. The Morgan fingerprint density at radius 3 is 1.28 bits per heavy atom. The maximum atomic E-state index is 2.30. The minimum atomic E-state index is 1.00. The first kappa shape index (κ1) is 18.2. The first-order valence-corrected chi connectivity index (χ1v) is 9.46. The van der Waals surface area contributed by atoms with Crippen LogP contribution in [0.15, 0.2) is 0 Å². The van der Waals surface area contributed by atoms with Gasteiger partial charge in [0, 0.05) is 10.2 Å². The molecule has 0 amide bonds. The highest BCUT2D eigenvalue weighted by atomic mass is 28.1. The van der Waals surface area contributed by atoms with E-state index in [0.717, 1.165) is 5.54 Å². The summed E-state index contributed by atoms with van der Waals surface area (Å²) < 4.78 is 0. The zero-order chi connectivity index (χ0) is 13.5. The van der Waals surface area contributed by atoms with Crippen LogP contribution in [0.5, 0.6) is 0 Å². The summed E-state index contributed by atoms with van der Waals surface area (Å²) in [6, 6.07) is 0.